The zero-order valence-electron chi connectivity index (χ0n) is 13.4. The standard InChI is InChI=1S/C18H16FN3OS/c1-3-22(15-8-10-20-11-9-15)18(23)16-12(2)21-17(24-16)13-4-6-14(19)7-5-13/h4-11H,3H2,1-2H3. The summed E-state index contributed by atoms with van der Waals surface area (Å²) < 4.78 is 13.1. The molecule has 122 valence electrons. The van der Waals surface area contributed by atoms with Crippen LogP contribution in [0.25, 0.3) is 10.6 Å². The van der Waals surface area contributed by atoms with E-state index in [1.54, 1.807) is 41.6 Å². The molecule has 3 rings (SSSR count). The van der Waals surface area contributed by atoms with Gasteiger partial charge in [0.25, 0.3) is 5.91 Å². The third-order valence-corrected chi connectivity index (χ3v) is 4.81. The second-order valence-corrected chi connectivity index (χ2v) is 6.19. The number of nitrogens with zero attached hydrogens (tertiary/aromatic N) is 3. The molecule has 0 spiro atoms. The summed E-state index contributed by atoms with van der Waals surface area (Å²) >= 11 is 1.32. The van der Waals surface area contributed by atoms with Gasteiger partial charge >= 0.3 is 0 Å². The predicted molar refractivity (Wildman–Crippen MR) is 93.8 cm³/mol. The number of pyridine rings is 1. The van der Waals surface area contributed by atoms with Gasteiger partial charge in [0, 0.05) is 30.2 Å². The Kier molecular flexibility index (Phi) is 4.66. The number of hydrogen-bond donors (Lipinski definition) is 0. The molecule has 0 unspecified atom stereocenters. The molecule has 0 atom stereocenters. The molecule has 2 heterocycles. The number of aryl methyl sites for hydroxylation is 1. The lowest BCUT2D eigenvalue weighted by atomic mass is 10.2. The fourth-order valence-corrected chi connectivity index (χ4v) is 3.42. The molecule has 24 heavy (non-hydrogen) atoms. The molecule has 6 heteroatoms. The highest BCUT2D eigenvalue weighted by Gasteiger charge is 2.22. The molecule has 0 N–H and O–H groups in total. The third kappa shape index (κ3) is 3.19. The molecule has 0 aliphatic rings. The van der Waals surface area contributed by atoms with E-state index in [1.807, 2.05) is 13.8 Å². The maximum absolute atomic E-state index is 13.1. The Morgan fingerprint density at radius 1 is 1.17 bits per heavy atom. The summed E-state index contributed by atoms with van der Waals surface area (Å²) in [5.74, 6) is -0.384. The Hall–Kier alpha value is -2.60. The summed E-state index contributed by atoms with van der Waals surface area (Å²) in [7, 11) is 0. The number of thiazole rings is 1. The first-order valence-electron chi connectivity index (χ1n) is 7.55. The van der Waals surface area contributed by atoms with Crippen LogP contribution in [-0.4, -0.2) is 22.4 Å². The number of amides is 1. The van der Waals surface area contributed by atoms with Crippen molar-refractivity contribution in [2.24, 2.45) is 0 Å². The van der Waals surface area contributed by atoms with Crippen molar-refractivity contribution in [2.45, 2.75) is 13.8 Å². The zero-order chi connectivity index (χ0) is 17.1. The van der Waals surface area contributed by atoms with E-state index in [-0.39, 0.29) is 11.7 Å². The first-order valence-corrected chi connectivity index (χ1v) is 8.37. The van der Waals surface area contributed by atoms with Gasteiger partial charge in [-0.2, -0.15) is 0 Å². The van der Waals surface area contributed by atoms with Gasteiger partial charge in [-0.15, -0.1) is 11.3 Å². The molecule has 0 fully saturated rings. The summed E-state index contributed by atoms with van der Waals surface area (Å²) in [4.78, 5) is 23.7. The van der Waals surface area contributed by atoms with Crippen molar-refractivity contribution in [3.8, 4) is 10.6 Å². The Morgan fingerprint density at radius 2 is 1.83 bits per heavy atom. The normalized spacial score (nSPS) is 10.6. The average molecular weight is 341 g/mol. The average Bonchev–Trinajstić information content (AvgIpc) is 2.99. The Morgan fingerprint density at radius 3 is 2.46 bits per heavy atom. The summed E-state index contributed by atoms with van der Waals surface area (Å²) in [6, 6.07) is 9.73. The van der Waals surface area contributed by atoms with E-state index in [2.05, 4.69) is 9.97 Å². The highest BCUT2D eigenvalue weighted by Crippen LogP contribution is 2.30. The molecule has 1 aromatic carbocycles. The van der Waals surface area contributed by atoms with E-state index in [0.29, 0.717) is 22.1 Å². The molecule has 4 nitrogen and oxygen atoms in total. The minimum absolute atomic E-state index is 0.0907. The monoisotopic (exact) mass is 341 g/mol. The fourth-order valence-electron chi connectivity index (χ4n) is 2.40. The van der Waals surface area contributed by atoms with Crippen LogP contribution in [0.4, 0.5) is 10.1 Å². The lowest BCUT2D eigenvalue weighted by Crippen LogP contribution is -2.30. The third-order valence-electron chi connectivity index (χ3n) is 3.62. The molecule has 0 saturated carbocycles. The molecule has 0 radical (unpaired) electrons. The maximum atomic E-state index is 13.1. The van der Waals surface area contributed by atoms with Crippen LogP contribution in [0.5, 0.6) is 0 Å². The van der Waals surface area contributed by atoms with Crippen molar-refractivity contribution in [2.75, 3.05) is 11.4 Å². The molecule has 0 aliphatic heterocycles. The van der Waals surface area contributed by atoms with E-state index in [0.717, 1.165) is 11.3 Å². The van der Waals surface area contributed by atoms with E-state index in [9.17, 15) is 9.18 Å². The minimum atomic E-state index is -0.293. The summed E-state index contributed by atoms with van der Waals surface area (Å²) in [5.41, 5.74) is 2.28. The lowest BCUT2D eigenvalue weighted by molar-refractivity contribution is 0.0991. The number of rotatable bonds is 4. The van der Waals surface area contributed by atoms with Crippen molar-refractivity contribution in [1.82, 2.24) is 9.97 Å². The Bertz CT molecular complexity index is 846. The maximum Gasteiger partial charge on any atom is 0.270 e. The number of halogens is 1. The van der Waals surface area contributed by atoms with Crippen LogP contribution < -0.4 is 4.90 Å². The van der Waals surface area contributed by atoms with Gasteiger partial charge < -0.3 is 4.90 Å². The van der Waals surface area contributed by atoms with Gasteiger partial charge in [-0.05, 0) is 50.2 Å². The molecular weight excluding hydrogens is 325 g/mol. The van der Waals surface area contributed by atoms with Crippen LogP contribution >= 0.6 is 11.3 Å². The van der Waals surface area contributed by atoms with E-state index in [4.69, 9.17) is 0 Å². The minimum Gasteiger partial charge on any atom is -0.308 e. The first kappa shape index (κ1) is 16.3. The quantitative estimate of drug-likeness (QED) is 0.710. The van der Waals surface area contributed by atoms with Gasteiger partial charge in [0.05, 0.1) is 5.69 Å². The number of anilines is 1. The number of hydrogen-bond acceptors (Lipinski definition) is 4. The van der Waals surface area contributed by atoms with Crippen molar-refractivity contribution >= 4 is 22.9 Å². The van der Waals surface area contributed by atoms with Gasteiger partial charge in [-0.3, -0.25) is 9.78 Å². The van der Waals surface area contributed by atoms with Crippen LogP contribution in [0, 0.1) is 12.7 Å². The van der Waals surface area contributed by atoms with Crippen LogP contribution in [0.3, 0.4) is 0 Å². The van der Waals surface area contributed by atoms with E-state index < -0.39 is 0 Å². The van der Waals surface area contributed by atoms with Gasteiger partial charge in [0.15, 0.2) is 0 Å². The number of benzene rings is 1. The van der Waals surface area contributed by atoms with Crippen molar-refractivity contribution in [1.29, 1.82) is 0 Å². The van der Waals surface area contributed by atoms with Crippen molar-refractivity contribution in [3.05, 3.63) is 65.2 Å². The molecule has 0 aliphatic carbocycles. The molecule has 0 bridgehead atoms. The highest BCUT2D eigenvalue weighted by molar-refractivity contribution is 7.17. The number of carbonyl (C=O) groups excluding carboxylic acids is 1. The molecule has 1 amide bonds. The van der Waals surface area contributed by atoms with E-state index in [1.165, 1.54) is 23.5 Å². The topological polar surface area (TPSA) is 46.1 Å². The van der Waals surface area contributed by atoms with Crippen LogP contribution in [0.1, 0.15) is 22.3 Å². The molecular formula is C18H16FN3OS. The van der Waals surface area contributed by atoms with Gasteiger partial charge in [-0.25, -0.2) is 9.37 Å². The molecule has 2 aromatic heterocycles. The van der Waals surface area contributed by atoms with Crippen LogP contribution in [0.2, 0.25) is 0 Å². The highest BCUT2D eigenvalue weighted by atomic mass is 32.1. The fraction of sp³-hybridized carbons (Fsp3) is 0.167. The van der Waals surface area contributed by atoms with Gasteiger partial charge in [0.2, 0.25) is 0 Å². The van der Waals surface area contributed by atoms with Gasteiger partial charge in [0.1, 0.15) is 15.7 Å². The number of carbonyl (C=O) groups is 1. The first-order chi connectivity index (χ1) is 11.6. The van der Waals surface area contributed by atoms with Crippen LogP contribution in [0.15, 0.2) is 48.8 Å². The second kappa shape index (κ2) is 6.88. The summed E-state index contributed by atoms with van der Waals surface area (Å²) in [6.45, 7) is 4.29. The molecule has 3 aromatic rings. The Labute approximate surface area is 143 Å². The SMILES string of the molecule is CCN(C(=O)c1sc(-c2ccc(F)cc2)nc1C)c1ccncc1. The second-order valence-electron chi connectivity index (χ2n) is 5.20. The molecule has 0 saturated heterocycles. The summed E-state index contributed by atoms with van der Waals surface area (Å²) in [6.07, 6.45) is 3.32. The van der Waals surface area contributed by atoms with Crippen molar-refractivity contribution in [3.63, 3.8) is 0 Å². The smallest absolute Gasteiger partial charge is 0.270 e. The van der Waals surface area contributed by atoms with Crippen LogP contribution in [-0.2, 0) is 0 Å². The Balaban J connectivity index is 1.94. The lowest BCUT2D eigenvalue weighted by Gasteiger charge is -2.20. The van der Waals surface area contributed by atoms with Gasteiger partial charge in [-0.1, -0.05) is 0 Å². The van der Waals surface area contributed by atoms with Crippen molar-refractivity contribution < 1.29 is 9.18 Å². The summed E-state index contributed by atoms with van der Waals surface area (Å²) in [5, 5.41) is 0.710. The number of aromatic nitrogens is 2. The van der Waals surface area contributed by atoms with E-state index >= 15 is 0 Å². The zero-order valence-corrected chi connectivity index (χ0v) is 14.2. The largest absolute Gasteiger partial charge is 0.308 e. The predicted octanol–water partition coefficient (Wildman–Crippen LogP) is 4.32.